The molecule has 3 rings (SSSR count). The topological polar surface area (TPSA) is 73.8 Å². The fourth-order valence-corrected chi connectivity index (χ4v) is 3.69. The number of hydrogen-bond acceptors (Lipinski definition) is 6. The van der Waals surface area contributed by atoms with Crippen LogP contribution in [0.2, 0.25) is 0 Å². The molecule has 0 fully saturated rings. The van der Waals surface area contributed by atoms with Crippen molar-refractivity contribution in [2.75, 3.05) is 0 Å². The second kappa shape index (κ2) is 6.29. The van der Waals surface area contributed by atoms with Crippen molar-refractivity contribution in [3.05, 3.63) is 63.3 Å². The smallest absolute Gasteiger partial charge is 0.276 e. The second-order valence-electron chi connectivity index (χ2n) is 4.61. The molecule has 3 aromatic rings. The van der Waals surface area contributed by atoms with E-state index in [1.54, 1.807) is 17.8 Å². The molecular formula is C14H12N4O2S2. The number of thioether (sulfide) groups is 1. The number of aromatic nitrogens is 3. The molecule has 0 amide bonds. The lowest BCUT2D eigenvalue weighted by Gasteiger charge is -2.08. The van der Waals surface area contributed by atoms with Crippen LogP contribution in [0.25, 0.3) is 5.69 Å². The van der Waals surface area contributed by atoms with Crippen molar-refractivity contribution >= 4 is 28.1 Å². The van der Waals surface area contributed by atoms with Crippen LogP contribution in [0.15, 0.2) is 47.2 Å². The average molecular weight is 332 g/mol. The van der Waals surface area contributed by atoms with E-state index in [0.29, 0.717) is 5.75 Å². The molecule has 0 radical (unpaired) electrons. The molecule has 0 atom stereocenters. The van der Waals surface area contributed by atoms with Gasteiger partial charge in [-0.1, -0.05) is 41.3 Å². The highest BCUT2D eigenvalue weighted by Gasteiger charge is 2.12. The van der Waals surface area contributed by atoms with Gasteiger partial charge < -0.3 is 0 Å². The van der Waals surface area contributed by atoms with Gasteiger partial charge in [0.05, 0.1) is 10.6 Å². The van der Waals surface area contributed by atoms with Gasteiger partial charge in [-0.25, -0.2) is 0 Å². The summed E-state index contributed by atoms with van der Waals surface area (Å²) in [6.45, 7) is 2.03. The van der Waals surface area contributed by atoms with E-state index in [0.717, 1.165) is 33.3 Å². The van der Waals surface area contributed by atoms with Gasteiger partial charge in [-0.05, 0) is 24.1 Å². The average Bonchev–Trinajstić information content (AvgIpc) is 3.15. The lowest BCUT2D eigenvalue weighted by Crippen LogP contribution is -1.97. The Hall–Kier alpha value is -2.19. The van der Waals surface area contributed by atoms with Gasteiger partial charge in [0, 0.05) is 17.2 Å². The van der Waals surface area contributed by atoms with Crippen molar-refractivity contribution in [3.63, 3.8) is 0 Å². The van der Waals surface area contributed by atoms with Crippen LogP contribution in [0.5, 0.6) is 0 Å². The van der Waals surface area contributed by atoms with Crippen LogP contribution in [0, 0.1) is 17.0 Å². The zero-order chi connectivity index (χ0) is 15.5. The quantitative estimate of drug-likeness (QED) is 0.403. The van der Waals surface area contributed by atoms with Crippen molar-refractivity contribution in [2.24, 2.45) is 0 Å². The summed E-state index contributed by atoms with van der Waals surface area (Å²) in [7, 11) is 0. The number of rotatable bonds is 5. The molecule has 112 valence electrons. The molecule has 0 spiro atoms. The highest BCUT2D eigenvalue weighted by atomic mass is 32.2. The van der Waals surface area contributed by atoms with Crippen molar-refractivity contribution < 1.29 is 4.92 Å². The number of aryl methyl sites for hydroxylation is 1. The van der Waals surface area contributed by atoms with Gasteiger partial charge in [0.15, 0.2) is 5.16 Å². The third-order valence-electron chi connectivity index (χ3n) is 3.08. The van der Waals surface area contributed by atoms with Crippen LogP contribution in [0.3, 0.4) is 0 Å². The summed E-state index contributed by atoms with van der Waals surface area (Å²) in [5.74, 6) is 0.620. The van der Waals surface area contributed by atoms with Crippen LogP contribution in [0.4, 0.5) is 5.00 Å². The zero-order valence-electron chi connectivity index (χ0n) is 11.7. The molecular weight excluding hydrogens is 320 g/mol. The summed E-state index contributed by atoms with van der Waals surface area (Å²) in [6.07, 6.45) is 1.68. The summed E-state index contributed by atoms with van der Waals surface area (Å²) in [4.78, 5) is 10.3. The molecule has 2 aromatic heterocycles. The van der Waals surface area contributed by atoms with Crippen molar-refractivity contribution in [1.82, 2.24) is 14.8 Å². The molecule has 0 aliphatic rings. The standard InChI is InChI=1S/C14H12N4O2S2/c1-10-4-2-3-5-12(10)17-9-15-16-14(17)22-8-11-6-13(18(19)20)21-7-11/h2-7,9H,8H2,1H3. The van der Waals surface area contributed by atoms with Crippen molar-refractivity contribution in [2.45, 2.75) is 17.8 Å². The lowest BCUT2D eigenvalue weighted by molar-refractivity contribution is -0.380. The summed E-state index contributed by atoms with van der Waals surface area (Å²) in [5, 5.41) is 21.5. The Morgan fingerprint density at radius 3 is 2.95 bits per heavy atom. The molecule has 0 unspecified atom stereocenters. The Kier molecular flexibility index (Phi) is 4.21. The van der Waals surface area contributed by atoms with Crippen LogP contribution in [0.1, 0.15) is 11.1 Å². The fraction of sp³-hybridized carbons (Fsp3) is 0.143. The predicted octanol–water partition coefficient (Wildman–Crippen LogP) is 3.84. The molecule has 0 saturated carbocycles. The monoisotopic (exact) mass is 332 g/mol. The van der Waals surface area contributed by atoms with Gasteiger partial charge in [-0.2, -0.15) is 0 Å². The normalized spacial score (nSPS) is 10.8. The number of thiophene rings is 1. The first-order valence-corrected chi connectivity index (χ1v) is 8.32. The van der Waals surface area contributed by atoms with E-state index in [2.05, 4.69) is 10.2 Å². The molecule has 0 saturated heterocycles. The number of nitro groups is 1. The maximum Gasteiger partial charge on any atom is 0.324 e. The van der Waals surface area contributed by atoms with Gasteiger partial charge in [0.25, 0.3) is 0 Å². The van der Waals surface area contributed by atoms with Crippen LogP contribution in [-0.4, -0.2) is 19.7 Å². The fourth-order valence-electron chi connectivity index (χ4n) is 2.00. The van der Waals surface area contributed by atoms with Gasteiger partial charge >= 0.3 is 5.00 Å². The molecule has 8 heteroatoms. The predicted molar refractivity (Wildman–Crippen MR) is 86.6 cm³/mol. The molecule has 22 heavy (non-hydrogen) atoms. The molecule has 0 aliphatic carbocycles. The number of hydrogen-bond donors (Lipinski definition) is 0. The van der Waals surface area contributed by atoms with E-state index in [-0.39, 0.29) is 9.92 Å². The minimum absolute atomic E-state index is 0.163. The van der Waals surface area contributed by atoms with Gasteiger partial charge in [-0.15, -0.1) is 10.2 Å². The number of nitrogens with zero attached hydrogens (tertiary/aromatic N) is 4. The van der Waals surface area contributed by atoms with E-state index in [9.17, 15) is 10.1 Å². The minimum Gasteiger partial charge on any atom is -0.276 e. The van der Waals surface area contributed by atoms with E-state index in [4.69, 9.17) is 0 Å². The Balaban J connectivity index is 1.78. The van der Waals surface area contributed by atoms with Crippen LogP contribution in [-0.2, 0) is 5.75 Å². The summed E-state index contributed by atoms with van der Waals surface area (Å²) in [6, 6.07) is 9.61. The Morgan fingerprint density at radius 2 is 2.23 bits per heavy atom. The molecule has 0 N–H and O–H groups in total. The Labute approximate surface area is 135 Å². The Morgan fingerprint density at radius 1 is 1.41 bits per heavy atom. The summed E-state index contributed by atoms with van der Waals surface area (Å²) in [5.41, 5.74) is 3.09. The van der Waals surface area contributed by atoms with Gasteiger partial charge in [0.2, 0.25) is 0 Å². The lowest BCUT2D eigenvalue weighted by atomic mass is 10.2. The second-order valence-corrected chi connectivity index (χ2v) is 6.44. The molecule has 6 nitrogen and oxygen atoms in total. The zero-order valence-corrected chi connectivity index (χ0v) is 13.3. The number of benzene rings is 1. The van der Waals surface area contributed by atoms with Crippen molar-refractivity contribution in [3.8, 4) is 5.69 Å². The first kappa shape index (κ1) is 14.7. The van der Waals surface area contributed by atoms with E-state index in [1.165, 1.54) is 11.8 Å². The first-order valence-electron chi connectivity index (χ1n) is 6.46. The first-order chi connectivity index (χ1) is 10.6. The highest BCUT2D eigenvalue weighted by molar-refractivity contribution is 7.98. The highest BCUT2D eigenvalue weighted by Crippen LogP contribution is 2.29. The van der Waals surface area contributed by atoms with Crippen LogP contribution < -0.4 is 0 Å². The van der Waals surface area contributed by atoms with Crippen molar-refractivity contribution in [1.29, 1.82) is 0 Å². The van der Waals surface area contributed by atoms with Gasteiger partial charge in [0.1, 0.15) is 6.33 Å². The van der Waals surface area contributed by atoms with E-state index >= 15 is 0 Å². The summed E-state index contributed by atoms with van der Waals surface area (Å²) < 4.78 is 1.93. The summed E-state index contributed by atoms with van der Waals surface area (Å²) >= 11 is 2.65. The van der Waals surface area contributed by atoms with Gasteiger partial charge in [-0.3, -0.25) is 14.7 Å². The molecule has 2 heterocycles. The third kappa shape index (κ3) is 3.02. The van der Waals surface area contributed by atoms with Crippen LogP contribution >= 0.6 is 23.1 Å². The molecule has 0 bridgehead atoms. The SMILES string of the molecule is Cc1ccccc1-n1cnnc1SCc1csc([N+](=O)[O-])c1. The Bertz CT molecular complexity index is 813. The van der Waals surface area contributed by atoms with E-state index < -0.39 is 0 Å². The third-order valence-corrected chi connectivity index (χ3v) is 5.02. The molecule has 1 aromatic carbocycles. The molecule has 0 aliphatic heterocycles. The van der Waals surface area contributed by atoms with E-state index in [1.807, 2.05) is 35.8 Å². The maximum absolute atomic E-state index is 10.7. The maximum atomic E-state index is 10.7. The minimum atomic E-state index is -0.366. The number of para-hydroxylation sites is 1. The largest absolute Gasteiger partial charge is 0.324 e.